The van der Waals surface area contributed by atoms with Gasteiger partial charge in [-0.25, -0.2) is 0 Å². The Morgan fingerprint density at radius 2 is 1.19 bits per heavy atom. The molecule has 3 aromatic carbocycles. The zero-order valence-electron chi connectivity index (χ0n) is 19.3. The van der Waals surface area contributed by atoms with Crippen molar-refractivity contribution in [2.45, 2.75) is 33.6 Å². The van der Waals surface area contributed by atoms with Gasteiger partial charge in [0.05, 0.1) is 32.8 Å². The molecular weight excluding hydrogens is 380 g/mol. The van der Waals surface area contributed by atoms with Gasteiger partial charge in [0.25, 0.3) is 0 Å². The van der Waals surface area contributed by atoms with Crippen LogP contribution >= 0.6 is 0 Å². The molecule has 3 aromatic rings. The van der Waals surface area contributed by atoms with Gasteiger partial charge in [-0.1, -0.05) is 42.5 Å². The molecule has 0 heterocycles. The van der Waals surface area contributed by atoms with E-state index in [9.17, 15) is 0 Å². The van der Waals surface area contributed by atoms with Gasteiger partial charge >= 0.3 is 0 Å². The Kier molecular flexibility index (Phi) is 8.54. The summed E-state index contributed by atoms with van der Waals surface area (Å²) in [6, 6.07) is 29.4. The van der Waals surface area contributed by atoms with E-state index in [1.807, 2.05) is 0 Å². The highest BCUT2D eigenvalue weighted by atomic mass is 16.5. The van der Waals surface area contributed by atoms with Gasteiger partial charge < -0.3 is 14.1 Å². The third-order valence-corrected chi connectivity index (χ3v) is 6.41. The number of ether oxygens (including phenoxy) is 1. The maximum atomic E-state index is 6.15. The molecule has 0 radical (unpaired) electrons. The second-order valence-electron chi connectivity index (χ2n) is 8.07. The third kappa shape index (κ3) is 6.11. The number of hydrogen-bond donors (Lipinski definition) is 0. The van der Waals surface area contributed by atoms with Gasteiger partial charge in [-0.15, -0.1) is 0 Å². The molecule has 164 valence electrons. The van der Waals surface area contributed by atoms with Crippen LogP contribution < -0.4 is 9.64 Å². The Labute approximate surface area is 188 Å². The Morgan fingerprint density at radius 3 is 1.74 bits per heavy atom. The smallest absolute Gasteiger partial charge is 0.121 e. The van der Waals surface area contributed by atoms with E-state index in [1.54, 1.807) is 0 Å². The fourth-order valence-corrected chi connectivity index (χ4v) is 4.20. The second-order valence-corrected chi connectivity index (χ2v) is 8.07. The van der Waals surface area contributed by atoms with E-state index in [2.05, 4.69) is 111 Å². The molecule has 0 aromatic heterocycles. The van der Waals surface area contributed by atoms with Gasteiger partial charge in [-0.05, 0) is 70.0 Å². The van der Waals surface area contributed by atoms with E-state index in [4.69, 9.17) is 4.74 Å². The number of benzene rings is 3. The minimum absolute atomic E-state index is 0.761. The number of quaternary nitrogens is 1. The first-order valence-corrected chi connectivity index (χ1v) is 11.7. The second kappa shape index (κ2) is 11.6. The van der Waals surface area contributed by atoms with Gasteiger partial charge in [-0.3, -0.25) is 0 Å². The lowest BCUT2D eigenvalue weighted by Gasteiger charge is -2.35. The summed E-state index contributed by atoms with van der Waals surface area (Å²) >= 11 is 0. The normalized spacial score (nSPS) is 11.3. The Hall–Kier alpha value is -2.78. The molecule has 0 spiro atoms. The first kappa shape index (κ1) is 22.9. The SMILES string of the molecule is CC[N+](CC)(CC)CCCCOc1cccc(N(c2ccccc2)c2ccccc2)c1. The highest BCUT2D eigenvalue weighted by molar-refractivity contribution is 5.76. The molecule has 0 amide bonds. The summed E-state index contributed by atoms with van der Waals surface area (Å²) < 4.78 is 7.36. The fourth-order valence-electron chi connectivity index (χ4n) is 4.20. The molecule has 0 atom stereocenters. The lowest BCUT2D eigenvalue weighted by atomic mass is 10.2. The average molecular weight is 418 g/mol. The van der Waals surface area contributed by atoms with Gasteiger partial charge in [0.2, 0.25) is 0 Å². The van der Waals surface area contributed by atoms with Crippen LogP contribution in [-0.4, -0.2) is 37.3 Å². The van der Waals surface area contributed by atoms with Gasteiger partial charge in [-0.2, -0.15) is 0 Å². The number of hydrogen-bond acceptors (Lipinski definition) is 2. The monoisotopic (exact) mass is 417 g/mol. The predicted molar refractivity (Wildman–Crippen MR) is 133 cm³/mol. The van der Waals surface area contributed by atoms with E-state index in [1.165, 1.54) is 37.1 Å². The summed E-state index contributed by atoms with van der Waals surface area (Å²) in [5, 5.41) is 0. The summed E-state index contributed by atoms with van der Waals surface area (Å²) in [6.07, 6.45) is 2.29. The van der Waals surface area contributed by atoms with Crippen LogP contribution in [0.15, 0.2) is 84.9 Å². The molecule has 0 saturated heterocycles. The molecule has 3 heteroatoms. The van der Waals surface area contributed by atoms with E-state index in [0.717, 1.165) is 35.8 Å². The van der Waals surface area contributed by atoms with Crippen molar-refractivity contribution in [3.05, 3.63) is 84.9 Å². The van der Waals surface area contributed by atoms with Crippen molar-refractivity contribution >= 4 is 17.1 Å². The highest BCUT2D eigenvalue weighted by Gasteiger charge is 2.19. The summed E-state index contributed by atoms with van der Waals surface area (Å²) in [7, 11) is 0. The molecule has 0 aliphatic heterocycles. The molecule has 0 bridgehead atoms. The zero-order chi connectivity index (χ0) is 21.9. The van der Waals surface area contributed by atoms with E-state index in [-0.39, 0.29) is 0 Å². The maximum Gasteiger partial charge on any atom is 0.121 e. The summed E-state index contributed by atoms with van der Waals surface area (Å²) in [4.78, 5) is 2.27. The fraction of sp³-hybridized carbons (Fsp3) is 0.357. The molecule has 3 nitrogen and oxygen atoms in total. The molecule has 0 aliphatic carbocycles. The van der Waals surface area contributed by atoms with Crippen LogP contribution in [-0.2, 0) is 0 Å². The lowest BCUT2D eigenvalue weighted by Crippen LogP contribution is -2.48. The van der Waals surface area contributed by atoms with Crippen molar-refractivity contribution < 1.29 is 9.22 Å². The number of nitrogens with zero attached hydrogens (tertiary/aromatic N) is 2. The number of anilines is 3. The minimum atomic E-state index is 0.761. The molecule has 3 rings (SSSR count). The molecule has 0 fully saturated rings. The van der Waals surface area contributed by atoms with Crippen molar-refractivity contribution in [1.82, 2.24) is 0 Å². The van der Waals surface area contributed by atoms with Gasteiger partial charge in [0.1, 0.15) is 5.75 Å². The van der Waals surface area contributed by atoms with Gasteiger partial charge in [0.15, 0.2) is 0 Å². The summed E-state index contributed by atoms with van der Waals surface area (Å²) in [5.41, 5.74) is 3.38. The standard InChI is InChI=1S/C28H37N2O/c1-4-30(5-2,6-3)22-13-14-23-31-28-21-15-20-27(24-28)29(25-16-9-7-10-17-25)26-18-11-8-12-19-26/h7-12,15-21,24H,4-6,13-14,22-23H2,1-3H3/q+1. The van der Waals surface area contributed by atoms with Crippen molar-refractivity contribution in [3.8, 4) is 5.75 Å². The molecule has 0 N–H and O–H groups in total. The van der Waals surface area contributed by atoms with Crippen molar-refractivity contribution in [3.63, 3.8) is 0 Å². The van der Waals surface area contributed by atoms with Crippen LogP contribution in [0.4, 0.5) is 17.1 Å². The van der Waals surface area contributed by atoms with Crippen molar-refractivity contribution in [2.24, 2.45) is 0 Å². The van der Waals surface area contributed by atoms with Crippen LogP contribution in [0.5, 0.6) is 5.75 Å². The first-order chi connectivity index (χ1) is 15.2. The van der Waals surface area contributed by atoms with E-state index >= 15 is 0 Å². The zero-order valence-corrected chi connectivity index (χ0v) is 19.3. The van der Waals surface area contributed by atoms with Crippen molar-refractivity contribution in [1.29, 1.82) is 0 Å². The van der Waals surface area contributed by atoms with Crippen LogP contribution in [0, 0.1) is 0 Å². The average Bonchev–Trinajstić information content (AvgIpc) is 2.84. The molecule has 0 unspecified atom stereocenters. The third-order valence-electron chi connectivity index (χ3n) is 6.41. The largest absolute Gasteiger partial charge is 0.494 e. The maximum absolute atomic E-state index is 6.15. The highest BCUT2D eigenvalue weighted by Crippen LogP contribution is 2.35. The van der Waals surface area contributed by atoms with E-state index in [0.29, 0.717) is 0 Å². The summed E-state index contributed by atoms with van der Waals surface area (Å²) in [5.74, 6) is 0.927. The summed E-state index contributed by atoms with van der Waals surface area (Å²) in [6.45, 7) is 12.6. The Morgan fingerprint density at radius 1 is 0.645 bits per heavy atom. The van der Waals surface area contributed by atoms with Crippen molar-refractivity contribution in [2.75, 3.05) is 37.7 Å². The Bertz CT molecular complexity index is 843. The lowest BCUT2D eigenvalue weighted by molar-refractivity contribution is -0.923. The quantitative estimate of drug-likeness (QED) is 0.228. The predicted octanol–water partition coefficient (Wildman–Crippen LogP) is 7.19. The van der Waals surface area contributed by atoms with Crippen LogP contribution in [0.25, 0.3) is 0 Å². The number of para-hydroxylation sites is 2. The van der Waals surface area contributed by atoms with Crippen LogP contribution in [0.1, 0.15) is 33.6 Å². The van der Waals surface area contributed by atoms with Gasteiger partial charge in [0, 0.05) is 23.1 Å². The van der Waals surface area contributed by atoms with Crippen LogP contribution in [0.3, 0.4) is 0 Å². The number of unbranched alkanes of at least 4 members (excludes halogenated alkanes) is 1. The molecule has 0 aliphatic rings. The Balaban J connectivity index is 1.67. The minimum Gasteiger partial charge on any atom is -0.494 e. The molecule has 0 saturated carbocycles. The van der Waals surface area contributed by atoms with Crippen LogP contribution in [0.2, 0.25) is 0 Å². The topological polar surface area (TPSA) is 12.5 Å². The number of rotatable bonds is 12. The molecule has 31 heavy (non-hydrogen) atoms. The first-order valence-electron chi connectivity index (χ1n) is 11.7. The van der Waals surface area contributed by atoms with E-state index < -0.39 is 0 Å². The molecular formula is C28H37N2O+.